The second-order valence-electron chi connectivity index (χ2n) is 4.48. The Kier molecular flexibility index (Phi) is 6.12. The van der Waals surface area contributed by atoms with Gasteiger partial charge in [0.25, 0.3) is 0 Å². The van der Waals surface area contributed by atoms with Gasteiger partial charge in [-0.05, 0) is 32.6 Å². The first-order valence-electron chi connectivity index (χ1n) is 6.42. The van der Waals surface area contributed by atoms with Gasteiger partial charge in [0.15, 0.2) is 0 Å². The number of Topliss-reactive ketones (excluding diaryl/α,β-unsaturated/α-hetero) is 1. The van der Waals surface area contributed by atoms with E-state index in [2.05, 4.69) is 0 Å². The highest BCUT2D eigenvalue weighted by molar-refractivity contribution is 5.78. The van der Waals surface area contributed by atoms with E-state index in [9.17, 15) is 9.59 Å². The Hall–Kier alpha value is -0.860. The minimum absolute atomic E-state index is 0.0469. The molecule has 0 aromatic carbocycles. The molecule has 0 atom stereocenters. The maximum Gasteiger partial charge on any atom is 0.308 e. The van der Waals surface area contributed by atoms with Gasteiger partial charge in [-0.3, -0.25) is 9.59 Å². The van der Waals surface area contributed by atoms with Gasteiger partial charge in [-0.15, -0.1) is 0 Å². The summed E-state index contributed by atoms with van der Waals surface area (Å²) >= 11 is 0. The van der Waals surface area contributed by atoms with Crippen molar-refractivity contribution in [3.63, 3.8) is 0 Å². The van der Waals surface area contributed by atoms with Crippen molar-refractivity contribution in [2.75, 3.05) is 6.61 Å². The molecule has 0 heterocycles. The Morgan fingerprint density at radius 2 is 1.75 bits per heavy atom. The maximum atomic E-state index is 11.6. The van der Waals surface area contributed by atoms with Crippen molar-refractivity contribution in [3.05, 3.63) is 0 Å². The van der Waals surface area contributed by atoms with Crippen LogP contribution in [0.1, 0.15) is 58.3 Å². The van der Waals surface area contributed by atoms with Crippen molar-refractivity contribution in [1.82, 2.24) is 0 Å². The molecule has 3 nitrogen and oxygen atoms in total. The maximum absolute atomic E-state index is 11.6. The van der Waals surface area contributed by atoms with E-state index in [-0.39, 0.29) is 11.9 Å². The first-order valence-corrected chi connectivity index (χ1v) is 6.42. The second-order valence-corrected chi connectivity index (χ2v) is 4.48. The van der Waals surface area contributed by atoms with Crippen LogP contribution in [0.3, 0.4) is 0 Å². The molecule has 0 N–H and O–H groups in total. The lowest BCUT2D eigenvalue weighted by Gasteiger charge is -2.16. The summed E-state index contributed by atoms with van der Waals surface area (Å²) in [5, 5.41) is 0. The van der Waals surface area contributed by atoms with Crippen molar-refractivity contribution in [2.24, 2.45) is 5.92 Å². The number of hydrogen-bond acceptors (Lipinski definition) is 3. The number of carbonyl (C=O) groups is 2. The number of ether oxygens (including phenoxy) is 1. The molecule has 0 radical (unpaired) electrons. The van der Waals surface area contributed by atoms with E-state index >= 15 is 0 Å². The van der Waals surface area contributed by atoms with Crippen LogP contribution in [0, 0.1) is 5.92 Å². The fourth-order valence-corrected chi connectivity index (χ4v) is 2.19. The Bertz CT molecular complexity index is 221. The van der Waals surface area contributed by atoms with Crippen LogP contribution in [0.15, 0.2) is 0 Å². The van der Waals surface area contributed by atoms with Gasteiger partial charge in [-0.1, -0.05) is 12.8 Å². The molecular weight excluding hydrogens is 204 g/mol. The molecule has 0 saturated heterocycles. The van der Waals surface area contributed by atoms with Crippen LogP contribution in [0.2, 0.25) is 0 Å². The molecule has 0 aliphatic heterocycles. The summed E-state index contributed by atoms with van der Waals surface area (Å²) in [6.45, 7) is 2.31. The van der Waals surface area contributed by atoms with Gasteiger partial charge in [0, 0.05) is 12.8 Å². The van der Waals surface area contributed by atoms with Crippen LogP contribution in [0.5, 0.6) is 0 Å². The first-order chi connectivity index (χ1) is 7.74. The van der Waals surface area contributed by atoms with Crippen LogP contribution >= 0.6 is 0 Å². The molecule has 16 heavy (non-hydrogen) atoms. The van der Waals surface area contributed by atoms with E-state index in [0.717, 1.165) is 38.5 Å². The van der Waals surface area contributed by atoms with E-state index < -0.39 is 0 Å². The first kappa shape index (κ1) is 13.2. The summed E-state index contributed by atoms with van der Waals surface area (Å²) in [7, 11) is 0. The highest BCUT2D eigenvalue weighted by Gasteiger charge is 2.20. The van der Waals surface area contributed by atoms with Gasteiger partial charge >= 0.3 is 5.97 Å². The smallest absolute Gasteiger partial charge is 0.308 e. The summed E-state index contributed by atoms with van der Waals surface area (Å²) in [5.74, 6) is 0.400. The number of carbonyl (C=O) groups excluding carboxylic acids is 2. The van der Waals surface area contributed by atoms with Gasteiger partial charge in [0.1, 0.15) is 5.78 Å². The molecule has 0 spiro atoms. The highest BCUT2D eigenvalue weighted by Crippen LogP contribution is 2.21. The van der Waals surface area contributed by atoms with E-state index in [1.54, 1.807) is 0 Å². The SMILES string of the molecule is CCOC(=O)C1CCCCC(=O)CCCC1. The lowest BCUT2D eigenvalue weighted by Crippen LogP contribution is -2.18. The van der Waals surface area contributed by atoms with Crippen molar-refractivity contribution in [2.45, 2.75) is 58.3 Å². The normalized spacial score (nSPS) is 20.4. The Labute approximate surface area is 97.5 Å². The number of hydrogen-bond donors (Lipinski definition) is 0. The Morgan fingerprint density at radius 3 is 2.25 bits per heavy atom. The minimum Gasteiger partial charge on any atom is -0.466 e. The predicted molar refractivity (Wildman–Crippen MR) is 62.1 cm³/mol. The number of ketones is 1. The van der Waals surface area contributed by atoms with Crippen molar-refractivity contribution < 1.29 is 14.3 Å². The van der Waals surface area contributed by atoms with E-state index in [1.807, 2.05) is 6.92 Å². The van der Waals surface area contributed by atoms with Crippen LogP contribution in [0.4, 0.5) is 0 Å². The van der Waals surface area contributed by atoms with Crippen LogP contribution < -0.4 is 0 Å². The van der Waals surface area contributed by atoms with Crippen molar-refractivity contribution in [1.29, 1.82) is 0 Å². The molecule has 92 valence electrons. The molecule has 1 aliphatic carbocycles. The van der Waals surface area contributed by atoms with Crippen LogP contribution in [-0.2, 0) is 14.3 Å². The fourth-order valence-electron chi connectivity index (χ4n) is 2.19. The van der Waals surface area contributed by atoms with Gasteiger partial charge in [0.05, 0.1) is 12.5 Å². The quantitative estimate of drug-likeness (QED) is 0.680. The zero-order valence-electron chi connectivity index (χ0n) is 10.2. The monoisotopic (exact) mass is 226 g/mol. The molecule has 3 heteroatoms. The standard InChI is InChI=1S/C13H22O3/c1-2-16-13(15)11-7-3-5-9-12(14)10-6-4-8-11/h11H,2-10H2,1H3. The van der Waals surface area contributed by atoms with Gasteiger partial charge in [-0.2, -0.15) is 0 Å². The molecule has 0 amide bonds. The van der Waals surface area contributed by atoms with Crippen molar-refractivity contribution >= 4 is 11.8 Å². The minimum atomic E-state index is -0.0469. The van der Waals surface area contributed by atoms with E-state index in [4.69, 9.17) is 4.74 Å². The van der Waals surface area contributed by atoms with E-state index in [0.29, 0.717) is 25.2 Å². The van der Waals surface area contributed by atoms with Crippen molar-refractivity contribution in [3.8, 4) is 0 Å². The van der Waals surface area contributed by atoms with Gasteiger partial charge in [0.2, 0.25) is 0 Å². The number of esters is 1. The molecule has 0 bridgehead atoms. The van der Waals surface area contributed by atoms with Crippen LogP contribution in [-0.4, -0.2) is 18.4 Å². The molecule has 0 aromatic rings. The van der Waals surface area contributed by atoms with Crippen LogP contribution in [0.25, 0.3) is 0 Å². The molecule has 0 aromatic heterocycles. The molecule has 0 unspecified atom stereocenters. The third-order valence-corrected chi connectivity index (χ3v) is 3.14. The molecule has 1 rings (SSSR count). The zero-order valence-corrected chi connectivity index (χ0v) is 10.2. The summed E-state index contributed by atoms with van der Waals surface area (Å²) in [6, 6.07) is 0. The predicted octanol–water partition coefficient (Wildman–Crippen LogP) is 2.87. The van der Waals surface area contributed by atoms with E-state index in [1.165, 1.54) is 0 Å². The van der Waals surface area contributed by atoms with Gasteiger partial charge < -0.3 is 4.74 Å². The third-order valence-electron chi connectivity index (χ3n) is 3.14. The van der Waals surface area contributed by atoms with Gasteiger partial charge in [-0.25, -0.2) is 0 Å². The second kappa shape index (κ2) is 7.42. The number of rotatable bonds is 2. The lowest BCUT2D eigenvalue weighted by molar-refractivity contribution is -0.148. The summed E-state index contributed by atoms with van der Waals surface area (Å²) in [4.78, 5) is 23.0. The average Bonchev–Trinajstić information content (AvgIpc) is 2.27. The summed E-state index contributed by atoms with van der Waals surface area (Å²) < 4.78 is 5.07. The zero-order chi connectivity index (χ0) is 11.8. The molecule has 1 aliphatic rings. The highest BCUT2D eigenvalue weighted by atomic mass is 16.5. The fraction of sp³-hybridized carbons (Fsp3) is 0.846. The third kappa shape index (κ3) is 4.77. The molecule has 1 saturated carbocycles. The molecular formula is C13H22O3. The molecule has 1 fully saturated rings. The average molecular weight is 226 g/mol. The Balaban J connectivity index is 2.40. The summed E-state index contributed by atoms with van der Waals surface area (Å²) in [5.41, 5.74) is 0. The largest absolute Gasteiger partial charge is 0.466 e. The Morgan fingerprint density at radius 1 is 1.19 bits per heavy atom. The lowest BCUT2D eigenvalue weighted by atomic mass is 9.92. The topological polar surface area (TPSA) is 43.4 Å². The summed E-state index contributed by atoms with van der Waals surface area (Å²) in [6.07, 6.45) is 6.93.